The Kier molecular flexibility index (Phi) is 4.57. The van der Waals surface area contributed by atoms with E-state index in [0.717, 1.165) is 35.3 Å². The lowest BCUT2D eigenvalue weighted by Crippen LogP contribution is -2.46. The van der Waals surface area contributed by atoms with Gasteiger partial charge < -0.3 is 5.32 Å². The van der Waals surface area contributed by atoms with Crippen LogP contribution in [0.25, 0.3) is 0 Å². The van der Waals surface area contributed by atoms with Gasteiger partial charge in [0.25, 0.3) is 0 Å². The fraction of sp³-hybridized carbons (Fsp3) is 0.353. The maximum absolute atomic E-state index is 13.1. The Bertz CT molecular complexity index is 617. The van der Waals surface area contributed by atoms with E-state index in [9.17, 15) is 4.79 Å². The first kappa shape index (κ1) is 14.9. The number of benzene rings is 1. The average molecular weight is 364 g/mol. The highest BCUT2D eigenvalue weighted by molar-refractivity contribution is 9.10. The highest BCUT2D eigenvalue weighted by Gasteiger charge is 2.40. The van der Waals surface area contributed by atoms with Crippen LogP contribution in [0.2, 0.25) is 0 Å². The molecule has 21 heavy (non-hydrogen) atoms. The smallest absolute Gasteiger partial charge is 0.148 e. The van der Waals surface area contributed by atoms with Crippen molar-refractivity contribution in [3.8, 4) is 0 Å². The molecule has 0 atom stereocenters. The molecular weight excluding hydrogens is 346 g/mol. The van der Waals surface area contributed by atoms with Crippen molar-refractivity contribution in [1.82, 2.24) is 5.32 Å². The molecule has 0 bridgehead atoms. The quantitative estimate of drug-likeness (QED) is 0.890. The van der Waals surface area contributed by atoms with Gasteiger partial charge in [0.05, 0.1) is 5.41 Å². The van der Waals surface area contributed by atoms with E-state index < -0.39 is 0 Å². The number of piperidine rings is 1. The predicted molar refractivity (Wildman–Crippen MR) is 91.0 cm³/mol. The number of carbonyl (C=O) groups is 1. The van der Waals surface area contributed by atoms with Gasteiger partial charge in [0, 0.05) is 15.8 Å². The van der Waals surface area contributed by atoms with E-state index in [1.54, 1.807) is 11.3 Å². The topological polar surface area (TPSA) is 29.1 Å². The fourth-order valence-electron chi connectivity index (χ4n) is 3.11. The predicted octanol–water partition coefficient (Wildman–Crippen LogP) is 3.94. The molecule has 1 aliphatic heterocycles. The van der Waals surface area contributed by atoms with Crippen molar-refractivity contribution in [3.05, 3.63) is 56.7 Å². The Labute approximate surface area is 137 Å². The summed E-state index contributed by atoms with van der Waals surface area (Å²) in [4.78, 5) is 14.2. The maximum Gasteiger partial charge on any atom is 0.148 e. The number of thiophene rings is 1. The molecule has 110 valence electrons. The minimum Gasteiger partial charge on any atom is -0.317 e. The van der Waals surface area contributed by atoms with E-state index in [1.807, 2.05) is 29.6 Å². The van der Waals surface area contributed by atoms with Crippen molar-refractivity contribution in [1.29, 1.82) is 0 Å². The van der Waals surface area contributed by atoms with Crippen LogP contribution in [-0.2, 0) is 16.6 Å². The molecule has 3 rings (SSSR count). The Morgan fingerprint density at radius 3 is 2.52 bits per heavy atom. The lowest BCUT2D eigenvalue weighted by Gasteiger charge is -2.37. The van der Waals surface area contributed by atoms with Gasteiger partial charge in [-0.25, -0.2) is 0 Å². The molecule has 0 aliphatic carbocycles. The van der Waals surface area contributed by atoms with Crippen LogP contribution in [0.3, 0.4) is 0 Å². The van der Waals surface area contributed by atoms with Crippen molar-refractivity contribution in [2.75, 3.05) is 13.1 Å². The normalized spacial score (nSPS) is 17.6. The molecule has 2 heterocycles. The van der Waals surface area contributed by atoms with Gasteiger partial charge in [-0.1, -0.05) is 30.3 Å². The Balaban J connectivity index is 1.92. The first-order chi connectivity index (χ1) is 10.2. The minimum atomic E-state index is -0.323. The summed E-state index contributed by atoms with van der Waals surface area (Å²) in [7, 11) is 0. The summed E-state index contributed by atoms with van der Waals surface area (Å²) in [5.41, 5.74) is 0.847. The second-order valence-electron chi connectivity index (χ2n) is 5.49. The summed E-state index contributed by atoms with van der Waals surface area (Å²) in [6.45, 7) is 1.82. The minimum absolute atomic E-state index is 0.323. The van der Waals surface area contributed by atoms with Crippen LogP contribution in [0.4, 0.5) is 0 Å². The van der Waals surface area contributed by atoms with Crippen molar-refractivity contribution in [2.45, 2.75) is 24.7 Å². The van der Waals surface area contributed by atoms with Crippen LogP contribution < -0.4 is 5.32 Å². The Hall–Kier alpha value is -0.970. The molecule has 0 saturated carbocycles. The SMILES string of the molecule is O=C(Cc1sccc1Br)C1(c2ccccc2)CCNCC1. The van der Waals surface area contributed by atoms with E-state index >= 15 is 0 Å². The number of nitrogens with one attached hydrogen (secondary N) is 1. The van der Waals surface area contributed by atoms with Crippen LogP contribution in [-0.4, -0.2) is 18.9 Å². The van der Waals surface area contributed by atoms with Gasteiger partial charge in [0.2, 0.25) is 0 Å². The molecule has 1 aliphatic rings. The van der Waals surface area contributed by atoms with Gasteiger partial charge in [-0.3, -0.25) is 4.79 Å². The van der Waals surface area contributed by atoms with E-state index in [-0.39, 0.29) is 5.41 Å². The number of halogens is 1. The molecule has 1 N–H and O–H groups in total. The molecule has 0 amide bonds. The molecule has 1 saturated heterocycles. The first-order valence-corrected chi connectivity index (χ1v) is 8.91. The molecule has 0 unspecified atom stereocenters. The van der Waals surface area contributed by atoms with Crippen LogP contribution in [0, 0.1) is 0 Å². The summed E-state index contributed by atoms with van der Waals surface area (Å²) in [6, 6.07) is 12.3. The molecule has 1 aromatic carbocycles. The van der Waals surface area contributed by atoms with Gasteiger partial charge in [0.1, 0.15) is 5.78 Å². The van der Waals surface area contributed by atoms with Gasteiger partial charge in [-0.15, -0.1) is 11.3 Å². The zero-order valence-electron chi connectivity index (χ0n) is 11.8. The zero-order chi connectivity index (χ0) is 14.7. The second-order valence-corrected chi connectivity index (χ2v) is 7.34. The molecule has 1 fully saturated rings. The lowest BCUT2D eigenvalue weighted by molar-refractivity contribution is -0.124. The van der Waals surface area contributed by atoms with Crippen LogP contribution in [0.5, 0.6) is 0 Å². The Morgan fingerprint density at radius 2 is 1.90 bits per heavy atom. The summed E-state index contributed by atoms with van der Waals surface area (Å²) >= 11 is 5.19. The van der Waals surface area contributed by atoms with Gasteiger partial charge >= 0.3 is 0 Å². The van der Waals surface area contributed by atoms with E-state index in [1.165, 1.54) is 5.56 Å². The number of hydrogen-bond donors (Lipinski definition) is 1. The number of hydrogen-bond acceptors (Lipinski definition) is 3. The molecule has 0 spiro atoms. The summed E-state index contributed by atoms with van der Waals surface area (Å²) in [6.07, 6.45) is 2.30. The third kappa shape index (κ3) is 2.98. The highest BCUT2D eigenvalue weighted by atomic mass is 79.9. The molecule has 4 heteroatoms. The van der Waals surface area contributed by atoms with Gasteiger partial charge in [-0.2, -0.15) is 0 Å². The standard InChI is InChI=1S/C17H18BrNOS/c18-14-6-11-21-15(14)12-16(20)17(7-9-19-10-8-17)13-4-2-1-3-5-13/h1-6,11,19H,7-10,12H2. The molecule has 2 nitrogen and oxygen atoms in total. The monoisotopic (exact) mass is 363 g/mol. The largest absolute Gasteiger partial charge is 0.317 e. The Morgan fingerprint density at radius 1 is 1.19 bits per heavy atom. The van der Waals surface area contributed by atoms with Crippen molar-refractivity contribution < 1.29 is 4.79 Å². The van der Waals surface area contributed by atoms with Crippen LogP contribution in [0.15, 0.2) is 46.3 Å². The number of rotatable bonds is 4. The fourth-order valence-corrected chi connectivity index (χ4v) is 4.60. The third-order valence-corrected chi connectivity index (χ3v) is 6.26. The number of ketones is 1. The first-order valence-electron chi connectivity index (χ1n) is 7.24. The van der Waals surface area contributed by atoms with Gasteiger partial charge in [0.15, 0.2) is 0 Å². The van der Waals surface area contributed by atoms with Crippen molar-refractivity contribution >= 4 is 33.0 Å². The van der Waals surface area contributed by atoms with E-state index in [2.05, 4.69) is 33.4 Å². The van der Waals surface area contributed by atoms with Crippen LogP contribution in [0.1, 0.15) is 23.3 Å². The zero-order valence-corrected chi connectivity index (χ0v) is 14.2. The van der Waals surface area contributed by atoms with Crippen LogP contribution >= 0.6 is 27.3 Å². The average Bonchev–Trinajstić information content (AvgIpc) is 2.94. The van der Waals surface area contributed by atoms with Crippen molar-refractivity contribution in [3.63, 3.8) is 0 Å². The third-order valence-electron chi connectivity index (χ3n) is 4.33. The number of carbonyl (C=O) groups excluding carboxylic acids is 1. The van der Waals surface area contributed by atoms with Gasteiger partial charge in [-0.05, 0) is 58.9 Å². The molecule has 0 radical (unpaired) electrons. The molecular formula is C17H18BrNOS. The lowest BCUT2D eigenvalue weighted by atomic mass is 9.69. The summed E-state index contributed by atoms with van der Waals surface area (Å²) in [5.74, 6) is 0.346. The van der Waals surface area contributed by atoms with E-state index in [0.29, 0.717) is 12.2 Å². The maximum atomic E-state index is 13.1. The van der Waals surface area contributed by atoms with Crippen molar-refractivity contribution in [2.24, 2.45) is 0 Å². The molecule has 1 aromatic heterocycles. The van der Waals surface area contributed by atoms with E-state index in [4.69, 9.17) is 0 Å². The summed E-state index contributed by atoms with van der Waals surface area (Å²) in [5, 5.41) is 5.41. The summed E-state index contributed by atoms with van der Waals surface area (Å²) < 4.78 is 1.05. The highest BCUT2D eigenvalue weighted by Crippen LogP contribution is 2.36. The molecule has 2 aromatic rings. The number of Topliss-reactive ketones (excluding diaryl/α,β-unsaturated/α-hetero) is 1. The second kappa shape index (κ2) is 6.42.